The minimum Gasteiger partial charge on any atom is -0.497 e. The van der Waals surface area contributed by atoms with E-state index < -0.39 is 0 Å². The van der Waals surface area contributed by atoms with Crippen molar-refractivity contribution in [2.45, 2.75) is 32.9 Å². The molecule has 1 N–H and O–H groups in total. The van der Waals surface area contributed by atoms with Crippen LogP contribution in [0.4, 0.5) is 5.82 Å². The van der Waals surface area contributed by atoms with Crippen molar-refractivity contribution in [3.63, 3.8) is 0 Å². The molecule has 0 saturated carbocycles. The maximum atomic E-state index is 5.77. The average molecular weight is 286 g/mol. The lowest BCUT2D eigenvalue weighted by molar-refractivity contribution is 0.242. The zero-order chi connectivity index (χ0) is 15.2. The summed E-state index contributed by atoms with van der Waals surface area (Å²) < 4.78 is 11.0. The summed E-state index contributed by atoms with van der Waals surface area (Å²) in [5.74, 6) is 2.38. The van der Waals surface area contributed by atoms with E-state index in [0.717, 1.165) is 22.9 Å². The number of nitrogens with one attached hydrogen (secondary N) is 1. The second kappa shape index (κ2) is 6.97. The number of hydrogen-bond acceptors (Lipinski definition) is 4. The van der Waals surface area contributed by atoms with Crippen molar-refractivity contribution in [3.05, 3.63) is 48.2 Å². The van der Waals surface area contributed by atoms with Crippen LogP contribution in [0.2, 0.25) is 0 Å². The summed E-state index contributed by atoms with van der Waals surface area (Å²) in [6.07, 6.45) is 1.88. The number of ether oxygens (including phenoxy) is 2. The first-order chi connectivity index (χ1) is 10.1. The molecule has 1 unspecified atom stereocenters. The van der Waals surface area contributed by atoms with Gasteiger partial charge in [0.2, 0.25) is 0 Å². The van der Waals surface area contributed by atoms with Crippen molar-refractivity contribution in [3.8, 4) is 11.5 Å². The second-order valence-electron chi connectivity index (χ2n) is 5.16. The van der Waals surface area contributed by atoms with Crippen molar-refractivity contribution >= 4 is 5.82 Å². The van der Waals surface area contributed by atoms with Crippen LogP contribution in [0.3, 0.4) is 0 Å². The van der Waals surface area contributed by atoms with Gasteiger partial charge in [-0.2, -0.15) is 0 Å². The van der Waals surface area contributed by atoms with E-state index in [1.807, 2.05) is 50.2 Å². The van der Waals surface area contributed by atoms with E-state index in [1.165, 1.54) is 0 Å². The van der Waals surface area contributed by atoms with Gasteiger partial charge in [-0.25, -0.2) is 4.98 Å². The van der Waals surface area contributed by atoms with Crippen molar-refractivity contribution in [2.75, 3.05) is 12.4 Å². The maximum Gasteiger partial charge on any atom is 0.169 e. The summed E-state index contributed by atoms with van der Waals surface area (Å²) in [5.41, 5.74) is 1.16. The molecule has 2 rings (SSSR count). The molecule has 4 nitrogen and oxygen atoms in total. The maximum absolute atomic E-state index is 5.77. The van der Waals surface area contributed by atoms with Crippen LogP contribution in [-0.4, -0.2) is 18.2 Å². The SMILES string of the molecule is COc1ccc(C(C)Nc2ncccc2OC(C)C)cc1. The van der Waals surface area contributed by atoms with Crippen LogP contribution in [0, 0.1) is 0 Å². The number of aromatic nitrogens is 1. The highest BCUT2D eigenvalue weighted by Crippen LogP contribution is 2.27. The van der Waals surface area contributed by atoms with E-state index in [-0.39, 0.29) is 12.1 Å². The van der Waals surface area contributed by atoms with Gasteiger partial charge in [-0.15, -0.1) is 0 Å². The molecule has 0 aliphatic carbocycles. The van der Waals surface area contributed by atoms with Gasteiger partial charge in [0, 0.05) is 6.20 Å². The number of benzene rings is 1. The Labute approximate surface area is 126 Å². The van der Waals surface area contributed by atoms with E-state index in [9.17, 15) is 0 Å². The summed E-state index contributed by atoms with van der Waals surface area (Å²) >= 11 is 0. The number of anilines is 1. The molecule has 0 saturated heterocycles. The lowest BCUT2D eigenvalue weighted by Gasteiger charge is -2.19. The molecule has 0 radical (unpaired) electrons. The number of hydrogen-bond donors (Lipinski definition) is 1. The monoisotopic (exact) mass is 286 g/mol. The molecule has 2 aromatic rings. The van der Waals surface area contributed by atoms with E-state index >= 15 is 0 Å². The molecule has 0 aliphatic rings. The predicted molar refractivity (Wildman–Crippen MR) is 85.0 cm³/mol. The topological polar surface area (TPSA) is 43.4 Å². The van der Waals surface area contributed by atoms with Crippen LogP contribution in [0.1, 0.15) is 32.4 Å². The van der Waals surface area contributed by atoms with Gasteiger partial charge in [0.15, 0.2) is 11.6 Å². The molecule has 1 atom stereocenters. The highest BCUT2D eigenvalue weighted by molar-refractivity contribution is 5.51. The average Bonchev–Trinajstić information content (AvgIpc) is 2.49. The summed E-state index contributed by atoms with van der Waals surface area (Å²) in [5, 5.41) is 3.39. The molecule has 4 heteroatoms. The van der Waals surface area contributed by atoms with Crippen molar-refractivity contribution < 1.29 is 9.47 Å². The smallest absolute Gasteiger partial charge is 0.169 e. The fourth-order valence-corrected chi connectivity index (χ4v) is 2.03. The second-order valence-corrected chi connectivity index (χ2v) is 5.16. The van der Waals surface area contributed by atoms with Gasteiger partial charge in [-0.05, 0) is 50.6 Å². The van der Waals surface area contributed by atoms with Gasteiger partial charge >= 0.3 is 0 Å². The summed E-state index contributed by atoms with van der Waals surface area (Å²) in [4.78, 5) is 4.37. The molecule has 0 spiro atoms. The van der Waals surface area contributed by atoms with Gasteiger partial charge < -0.3 is 14.8 Å². The minimum absolute atomic E-state index is 0.117. The Kier molecular flexibility index (Phi) is 5.04. The molecule has 0 fully saturated rings. The number of rotatable bonds is 6. The predicted octanol–water partition coefficient (Wildman–Crippen LogP) is 4.05. The molecule has 0 bridgehead atoms. The van der Waals surface area contributed by atoms with Crippen molar-refractivity contribution in [1.29, 1.82) is 0 Å². The third-order valence-electron chi connectivity index (χ3n) is 3.10. The Morgan fingerprint density at radius 2 is 1.76 bits per heavy atom. The van der Waals surface area contributed by atoms with Gasteiger partial charge in [0.1, 0.15) is 5.75 Å². The molecule has 1 aromatic heterocycles. The minimum atomic E-state index is 0.117. The quantitative estimate of drug-likeness (QED) is 0.870. The molecule has 1 heterocycles. The van der Waals surface area contributed by atoms with Crippen molar-refractivity contribution in [1.82, 2.24) is 4.98 Å². The first-order valence-corrected chi connectivity index (χ1v) is 7.12. The number of nitrogens with zero attached hydrogens (tertiary/aromatic N) is 1. The van der Waals surface area contributed by atoms with Crippen LogP contribution < -0.4 is 14.8 Å². The van der Waals surface area contributed by atoms with Crippen molar-refractivity contribution in [2.24, 2.45) is 0 Å². The van der Waals surface area contributed by atoms with Gasteiger partial charge in [0.25, 0.3) is 0 Å². The van der Waals surface area contributed by atoms with Crippen LogP contribution in [0.25, 0.3) is 0 Å². The molecule has 21 heavy (non-hydrogen) atoms. The fourth-order valence-electron chi connectivity index (χ4n) is 2.03. The molecule has 0 aliphatic heterocycles. The Bertz CT molecular complexity index is 567. The van der Waals surface area contributed by atoms with Crippen LogP contribution in [0.15, 0.2) is 42.6 Å². The van der Waals surface area contributed by atoms with Gasteiger partial charge in [-0.3, -0.25) is 0 Å². The van der Waals surface area contributed by atoms with Crippen LogP contribution in [0.5, 0.6) is 11.5 Å². The van der Waals surface area contributed by atoms with Gasteiger partial charge in [0.05, 0.1) is 19.3 Å². The Balaban J connectivity index is 2.13. The number of pyridine rings is 1. The standard InChI is InChI=1S/C17H22N2O2/c1-12(2)21-16-6-5-11-18-17(16)19-13(3)14-7-9-15(20-4)10-8-14/h5-13H,1-4H3,(H,18,19). The van der Waals surface area contributed by atoms with E-state index in [4.69, 9.17) is 9.47 Å². The van der Waals surface area contributed by atoms with Gasteiger partial charge in [-0.1, -0.05) is 12.1 Å². The third-order valence-corrected chi connectivity index (χ3v) is 3.10. The van der Waals surface area contributed by atoms with E-state index in [0.29, 0.717) is 0 Å². The highest BCUT2D eigenvalue weighted by Gasteiger charge is 2.11. The lowest BCUT2D eigenvalue weighted by Crippen LogP contribution is -2.12. The Morgan fingerprint density at radius 1 is 1.05 bits per heavy atom. The lowest BCUT2D eigenvalue weighted by atomic mass is 10.1. The summed E-state index contributed by atoms with van der Waals surface area (Å²) in [6, 6.07) is 11.9. The third kappa shape index (κ3) is 4.12. The zero-order valence-electron chi connectivity index (χ0n) is 13.0. The Morgan fingerprint density at radius 3 is 2.38 bits per heavy atom. The summed E-state index contributed by atoms with van der Waals surface area (Å²) in [7, 11) is 1.67. The first kappa shape index (κ1) is 15.2. The molecule has 1 aromatic carbocycles. The van der Waals surface area contributed by atoms with Crippen LogP contribution in [-0.2, 0) is 0 Å². The number of methoxy groups -OCH3 is 1. The zero-order valence-corrected chi connectivity index (χ0v) is 13.0. The first-order valence-electron chi connectivity index (χ1n) is 7.12. The van der Waals surface area contributed by atoms with Crippen LogP contribution >= 0.6 is 0 Å². The molecule has 112 valence electrons. The largest absolute Gasteiger partial charge is 0.497 e. The van der Waals surface area contributed by atoms with E-state index in [1.54, 1.807) is 13.3 Å². The Hall–Kier alpha value is -2.23. The normalized spacial score (nSPS) is 12.0. The molecular weight excluding hydrogens is 264 g/mol. The highest BCUT2D eigenvalue weighted by atomic mass is 16.5. The molecular formula is C17H22N2O2. The fraction of sp³-hybridized carbons (Fsp3) is 0.353. The molecule has 0 amide bonds. The summed E-state index contributed by atoms with van der Waals surface area (Å²) in [6.45, 7) is 6.10. The van der Waals surface area contributed by atoms with E-state index in [2.05, 4.69) is 17.2 Å².